The largest absolute Gasteiger partial charge is 0.493 e. The van der Waals surface area contributed by atoms with Crippen molar-refractivity contribution < 1.29 is 14.3 Å². The second-order valence-electron chi connectivity index (χ2n) is 6.26. The van der Waals surface area contributed by atoms with Crippen molar-refractivity contribution in [2.75, 3.05) is 32.6 Å². The molecular weight excluding hydrogens is 332 g/mol. The van der Waals surface area contributed by atoms with Gasteiger partial charge < -0.3 is 19.7 Å². The molecule has 0 spiro atoms. The van der Waals surface area contributed by atoms with E-state index in [4.69, 9.17) is 9.47 Å². The van der Waals surface area contributed by atoms with Crippen molar-refractivity contribution >= 4 is 11.9 Å². The lowest BCUT2D eigenvalue weighted by Crippen LogP contribution is -2.28. The van der Waals surface area contributed by atoms with E-state index in [1.54, 1.807) is 20.3 Å². The zero-order valence-electron chi connectivity index (χ0n) is 15.4. The number of nitrogens with one attached hydrogen (secondary N) is 1. The van der Waals surface area contributed by atoms with Crippen LogP contribution in [0.25, 0.3) is 0 Å². The van der Waals surface area contributed by atoms with E-state index in [0.29, 0.717) is 29.7 Å². The molecule has 1 aromatic carbocycles. The molecule has 0 radical (unpaired) electrons. The highest BCUT2D eigenvalue weighted by Crippen LogP contribution is 2.27. The fourth-order valence-electron chi connectivity index (χ4n) is 3.01. The van der Waals surface area contributed by atoms with Gasteiger partial charge in [0.05, 0.1) is 14.2 Å². The highest BCUT2D eigenvalue weighted by Gasteiger charge is 2.21. The van der Waals surface area contributed by atoms with Crippen molar-refractivity contribution in [2.24, 2.45) is 0 Å². The number of likely N-dealkylation sites (tertiary alicyclic amines) is 1. The Bertz CT molecular complexity index is 788. The third-order valence-electron chi connectivity index (χ3n) is 4.37. The van der Waals surface area contributed by atoms with E-state index >= 15 is 0 Å². The van der Waals surface area contributed by atoms with E-state index in [1.807, 2.05) is 30.0 Å². The molecule has 7 nitrogen and oxygen atoms in total. The van der Waals surface area contributed by atoms with Crippen molar-refractivity contribution in [1.29, 1.82) is 0 Å². The fraction of sp³-hybridized carbons (Fsp3) is 0.421. The Balaban J connectivity index is 1.73. The third kappa shape index (κ3) is 4.04. The molecule has 0 aliphatic carbocycles. The smallest absolute Gasteiger partial charge is 0.272 e. The topological polar surface area (TPSA) is 76.6 Å². The van der Waals surface area contributed by atoms with Gasteiger partial charge in [0.2, 0.25) is 5.95 Å². The lowest BCUT2D eigenvalue weighted by molar-refractivity contribution is 0.0787. The van der Waals surface area contributed by atoms with Gasteiger partial charge in [0.1, 0.15) is 5.69 Å². The predicted octanol–water partition coefficient (Wildman–Crippen LogP) is 2.65. The lowest BCUT2D eigenvalue weighted by atomic mass is 10.2. The molecule has 1 N–H and O–H groups in total. The summed E-state index contributed by atoms with van der Waals surface area (Å²) < 4.78 is 10.6. The molecule has 0 bridgehead atoms. The van der Waals surface area contributed by atoms with Crippen LogP contribution < -0.4 is 14.8 Å². The molecule has 1 fully saturated rings. The number of benzene rings is 1. The quantitative estimate of drug-likeness (QED) is 0.857. The van der Waals surface area contributed by atoms with Crippen molar-refractivity contribution in [3.63, 3.8) is 0 Å². The first-order valence-electron chi connectivity index (χ1n) is 8.70. The molecule has 3 rings (SSSR count). The average molecular weight is 356 g/mol. The van der Waals surface area contributed by atoms with Crippen LogP contribution in [0.4, 0.5) is 5.95 Å². The van der Waals surface area contributed by atoms with Crippen molar-refractivity contribution in [1.82, 2.24) is 14.9 Å². The molecule has 7 heteroatoms. The van der Waals surface area contributed by atoms with E-state index < -0.39 is 0 Å². The van der Waals surface area contributed by atoms with Gasteiger partial charge in [-0.1, -0.05) is 6.07 Å². The Morgan fingerprint density at radius 2 is 1.85 bits per heavy atom. The van der Waals surface area contributed by atoms with Crippen LogP contribution in [0, 0.1) is 6.92 Å². The van der Waals surface area contributed by atoms with Gasteiger partial charge in [-0.3, -0.25) is 4.79 Å². The van der Waals surface area contributed by atoms with Crippen LogP contribution in [-0.4, -0.2) is 48.1 Å². The van der Waals surface area contributed by atoms with Crippen LogP contribution in [0.2, 0.25) is 0 Å². The van der Waals surface area contributed by atoms with Gasteiger partial charge in [0, 0.05) is 25.3 Å². The van der Waals surface area contributed by atoms with Gasteiger partial charge in [0.15, 0.2) is 11.5 Å². The van der Waals surface area contributed by atoms with Crippen LogP contribution in [0.5, 0.6) is 11.5 Å². The molecule has 1 aliphatic heterocycles. The Labute approximate surface area is 153 Å². The summed E-state index contributed by atoms with van der Waals surface area (Å²) in [6.07, 6.45) is 2.11. The van der Waals surface area contributed by atoms with Gasteiger partial charge in [-0.25, -0.2) is 9.97 Å². The molecule has 2 heterocycles. The van der Waals surface area contributed by atoms with E-state index in [-0.39, 0.29) is 5.91 Å². The highest BCUT2D eigenvalue weighted by molar-refractivity contribution is 5.92. The molecule has 0 saturated carbocycles. The molecule has 26 heavy (non-hydrogen) atoms. The lowest BCUT2D eigenvalue weighted by Gasteiger charge is -2.15. The monoisotopic (exact) mass is 356 g/mol. The van der Waals surface area contributed by atoms with Crippen molar-refractivity contribution in [3.8, 4) is 11.5 Å². The predicted molar refractivity (Wildman–Crippen MR) is 98.8 cm³/mol. The van der Waals surface area contributed by atoms with E-state index in [1.165, 1.54) is 0 Å². The van der Waals surface area contributed by atoms with E-state index in [0.717, 1.165) is 37.2 Å². The third-order valence-corrected chi connectivity index (χ3v) is 4.37. The first kappa shape index (κ1) is 18.0. The summed E-state index contributed by atoms with van der Waals surface area (Å²) in [4.78, 5) is 23.2. The maximum atomic E-state index is 12.6. The second kappa shape index (κ2) is 8.03. The molecule has 1 amide bonds. The molecule has 0 atom stereocenters. The number of amides is 1. The minimum Gasteiger partial charge on any atom is -0.493 e. The number of aryl methyl sites for hydroxylation is 1. The maximum Gasteiger partial charge on any atom is 0.272 e. The number of hydrogen-bond donors (Lipinski definition) is 1. The molecule has 138 valence electrons. The number of carbonyl (C=O) groups excluding carboxylic acids is 1. The highest BCUT2D eigenvalue weighted by atomic mass is 16.5. The molecule has 1 aliphatic rings. The fourth-order valence-corrected chi connectivity index (χ4v) is 3.01. The second-order valence-corrected chi connectivity index (χ2v) is 6.26. The number of hydrogen-bond acceptors (Lipinski definition) is 6. The number of aromatic nitrogens is 2. The average Bonchev–Trinajstić information content (AvgIpc) is 3.19. The number of anilines is 1. The summed E-state index contributed by atoms with van der Waals surface area (Å²) >= 11 is 0. The van der Waals surface area contributed by atoms with E-state index in [2.05, 4.69) is 15.3 Å². The van der Waals surface area contributed by atoms with Gasteiger partial charge in [-0.2, -0.15) is 0 Å². The first-order valence-corrected chi connectivity index (χ1v) is 8.70. The van der Waals surface area contributed by atoms with Crippen LogP contribution >= 0.6 is 0 Å². The maximum absolute atomic E-state index is 12.6. The number of carbonyl (C=O) groups is 1. The van der Waals surface area contributed by atoms with Crippen LogP contribution in [0.1, 0.15) is 34.6 Å². The van der Waals surface area contributed by atoms with Gasteiger partial charge >= 0.3 is 0 Å². The molecule has 1 aromatic heterocycles. The zero-order valence-corrected chi connectivity index (χ0v) is 15.4. The van der Waals surface area contributed by atoms with Crippen LogP contribution in [0.3, 0.4) is 0 Å². The number of rotatable bonds is 6. The van der Waals surface area contributed by atoms with E-state index in [9.17, 15) is 4.79 Å². The summed E-state index contributed by atoms with van der Waals surface area (Å²) in [5, 5.41) is 3.19. The number of ether oxygens (including phenoxy) is 2. The summed E-state index contributed by atoms with van der Waals surface area (Å²) in [7, 11) is 3.21. The minimum absolute atomic E-state index is 0.0258. The van der Waals surface area contributed by atoms with Gasteiger partial charge in [-0.05, 0) is 43.5 Å². The van der Waals surface area contributed by atoms with Crippen molar-refractivity contribution in [2.45, 2.75) is 26.3 Å². The Morgan fingerprint density at radius 3 is 2.54 bits per heavy atom. The van der Waals surface area contributed by atoms with Crippen molar-refractivity contribution in [3.05, 3.63) is 41.2 Å². The SMILES string of the molecule is COc1ccc(CNc2nc(C)cc(C(=O)N3CCCC3)n2)cc1OC. The Morgan fingerprint density at radius 1 is 1.12 bits per heavy atom. The summed E-state index contributed by atoms with van der Waals surface area (Å²) in [5.41, 5.74) is 2.20. The molecular formula is C19H24N4O3. The Kier molecular flexibility index (Phi) is 5.55. The summed E-state index contributed by atoms with van der Waals surface area (Å²) in [5.74, 6) is 1.77. The molecule has 0 unspecified atom stereocenters. The summed E-state index contributed by atoms with van der Waals surface area (Å²) in [6.45, 7) is 3.98. The van der Waals surface area contributed by atoms with Gasteiger partial charge in [-0.15, -0.1) is 0 Å². The zero-order chi connectivity index (χ0) is 18.5. The minimum atomic E-state index is -0.0258. The molecule has 1 saturated heterocycles. The molecule has 2 aromatic rings. The standard InChI is InChI=1S/C19H24N4O3/c1-13-10-15(18(24)23-8-4-5-9-23)22-19(21-13)20-12-14-6-7-16(25-2)17(11-14)26-3/h6-7,10-11H,4-5,8-9,12H2,1-3H3,(H,20,21,22). The van der Waals surface area contributed by atoms with Crippen LogP contribution in [-0.2, 0) is 6.54 Å². The number of methoxy groups -OCH3 is 2. The normalized spacial score (nSPS) is 13.6. The van der Waals surface area contributed by atoms with Gasteiger partial charge in [0.25, 0.3) is 5.91 Å². The number of nitrogens with zero attached hydrogens (tertiary/aromatic N) is 3. The first-order chi connectivity index (χ1) is 12.6. The van der Waals surface area contributed by atoms with Crippen LogP contribution in [0.15, 0.2) is 24.3 Å². The Hall–Kier alpha value is -2.83. The summed E-state index contributed by atoms with van der Waals surface area (Å²) in [6, 6.07) is 7.44.